The lowest BCUT2D eigenvalue weighted by Crippen LogP contribution is -2.47. The van der Waals surface area contributed by atoms with Gasteiger partial charge in [0, 0.05) is 31.7 Å². The van der Waals surface area contributed by atoms with Crippen molar-refractivity contribution in [3.05, 3.63) is 76.9 Å². The molecule has 3 aromatic rings. The maximum atomic E-state index is 13.1. The van der Waals surface area contributed by atoms with Crippen molar-refractivity contribution in [3.8, 4) is 11.8 Å². The van der Waals surface area contributed by atoms with Crippen molar-refractivity contribution < 1.29 is 22.7 Å². The fourth-order valence-electron chi connectivity index (χ4n) is 5.66. The zero-order valence-corrected chi connectivity index (χ0v) is 21.7. The van der Waals surface area contributed by atoms with E-state index in [1.54, 1.807) is 13.1 Å². The van der Waals surface area contributed by atoms with Crippen molar-refractivity contribution >= 4 is 5.78 Å². The number of nitrogens with zero attached hydrogens (tertiary/aromatic N) is 5. The van der Waals surface area contributed by atoms with Gasteiger partial charge in [0.15, 0.2) is 5.78 Å². The first kappa shape index (κ1) is 27.0. The minimum Gasteiger partial charge on any atom is -0.379 e. The number of carbonyl (C=O) groups excluding carboxylic acids is 1. The molecule has 0 unspecified atom stereocenters. The Morgan fingerprint density at radius 2 is 1.79 bits per heavy atom. The van der Waals surface area contributed by atoms with E-state index in [0.717, 1.165) is 75.4 Å². The molecule has 0 amide bonds. The molecule has 0 atom stereocenters. The topological polar surface area (TPSA) is 84.0 Å². The highest BCUT2D eigenvalue weighted by Crippen LogP contribution is 2.40. The van der Waals surface area contributed by atoms with Crippen molar-refractivity contribution in [1.29, 1.82) is 5.26 Å². The van der Waals surface area contributed by atoms with Gasteiger partial charge in [-0.2, -0.15) is 23.5 Å². The number of hydrogen-bond donors (Lipinski definition) is 0. The summed E-state index contributed by atoms with van der Waals surface area (Å²) in [7, 11) is 0. The molecule has 0 N–H and O–H groups in total. The molecule has 1 aliphatic heterocycles. The largest absolute Gasteiger partial charge is 0.416 e. The summed E-state index contributed by atoms with van der Waals surface area (Å²) < 4.78 is 45.6. The molecular weight excluding hydrogens is 507 g/mol. The first-order valence-corrected chi connectivity index (χ1v) is 13.1. The highest BCUT2D eigenvalue weighted by molar-refractivity contribution is 5.98. The molecule has 0 radical (unpaired) electrons. The SMILES string of the molecule is Cc1c(C(=O)Cc2ccc(C3(C#N)CCC(N4CCOCC4)CC3)nc2)cnn1-c1ccc(C(F)(F)F)cc1. The van der Waals surface area contributed by atoms with Gasteiger partial charge in [-0.1, -0.05) is 6.07 Å². The number of carbonyl (C=O) groups is 1. The van der Waals surface area contributed by atoms with Crippen LogP contribution in [0.4, 0.5) is 13.2 Å². The Kier molecular flexibility index (Phi) is 7.56. The number of Topliss-reactive ketones (excluding diaryl/α,β-unsaturated/α-hetero) is 1. The lowest BCUT2D eigenvalue weighted by molar-refractivity contribution is -0.137. The number of halogens is 3. The summed E-state index contributed by atoms with van der Waals surface area (Å²) in [6.07, 6.45) is 2.17. The predicted octanol–water partition coefficient (Wildman–Crippen LogP) is 5.06. The lowest BCUT2D eigenvalue weighted by atomic mass is 9.71. The third-order valence-corrected chi connectivity index (χ3v) is 8.01. The van der Waals surface area contributed by atoms with Gasteiger partial charge in [0.2, 0.25) is 0 Å². The van der Waals surface area contributed by atoms with Crippen molar-refractivity contribution in [2.75, 3.05) is 26.3 Å². The van der Waals surface area contributed by atoms with Gasteiger partial charge in [-0.3, -0.25) is 14.7 Å². The number of ketones is 1. The molecule has 2 fully saturated rings. The molecule has 0 spiro atoms. The van der Waals surface area contributed by atoms with Crippen LogP contribution in [0.2, 0.25) is 0 Å². The van der Waals surface area contributed by atoms with Gasteiger partial charge in [-0.15, -0.1) is 0 Å². The standard InChI is InChI=1S/C29H30F3N5O2/c1-20-25(18-35-37(20)24-5-3-22(4-6-24)29(30,31)32)26(38)16-21-2-7-27(34-17-21)28(19-33)10-8-23(9-11-28)36-12-14-39-15-13-36/h2-7,17-18,23H,8-16H2,1H3. The molecule has 10 heteroatoms. The molecule has 39 heavy (non-hydrogen) atoms. The maximum Gasteiger partial charge on any atom is 0.416 e. The van der Waals surface area contributed by atoms with E-state index in [-0.39, 0.29) is 12.2 Å². The predicted molar refractivity (Wildman–Crippen MR) is 138 cm³/mol. The van der Waals surface area contributed by atoms with Crippen LogP contribution in [0.25, 0.3) is 5.69 Å². The molecule has 3 heterocycles. The Labute approximate surface area is 225 Å². The molecule has 0 bridgehead atoms. The lowest BCUT2D eigenvalue weighted by Gasteiger charge is -2.41. The van der Waals surface area contributed by atoms with Crippen molar-refractivity contribution in [2.24, 2.45) is 0 Å². The number of morpholine rings is 1. The summed E-state index contributed by atoms with van der Waals surface area (Å²) in [5, 5.41) is 14.3. The minimum absolute atomic E-state index is 0.103. The van der Waals surface area contributed by atoms with Crippen LogP contribution in [0.3, 0.4) is 0 Å². The van der Waals surface area contributed by atoms with Gasteiger partial charge in [0.05, 0.1) is 59.1 Å². The molecule has 5 rings (SSSR count). The third kappa shape index (κ3) is 5.60. The fraction of sp³-hybridized carbons (Fsp3) is 0.448. The Morgan fingerprint density at radius 1 is 1.10 bits per heavy atom. The van der Waals surface area contributed by atoms with Gasteiger partial charge in [-0.05, 0) is 68.5 Å². The van der Waals surface area contributed by atoms with E-state index in [1.807, 2.05) is 12.1 Å². The van der Waals surface area contributed by atoms with Crippen LogP contribution in [0.5, 0.6) is 0 Å². The van der Waals surface area contributed by atoms with Crippen molar-refractivity contribution in [1.82, 2.24) is 19.7 Å². The number of benzene rings is 1. The summed E-state index contributed by atoms with van der Waals surface area (Å²) in [6, 6.07) is 11.4. The number of hydrogen-bond acceptors (Lipinski definition) is 6. The molecule has 2 aliphatic rings. The van der Waals surface area contributed by atoms with Crippen LogP contribution in [0.1, 0.15) is 58.6 Å². The second kappa shape index (κ2) is 10.9. The van der Waals surface area contributed by atoms with Gasteiger partial charge in [-0.25, -0.2) is 4.68 Å². The number of ether oxygens (including phenoxy) is 1. The quantitative estimate of drug-likeness (QED) is 0.409. The highest BCUT2D eigenvalue weighted by Gasteiger charge is 2.40. The van der Waals surface area contributed by atoms with Crippen LogP contribution in [-0.4, -0.2) is 57.8 Å². The summed E-state index contributed by atoms with van der Waals surface area (Å²) in [6.45, 7) is 5.11. The van der Waals surface area contributed by atoms with E-state index < -0.39 is 17.2 Å². The normalized spacial score (nSPS) is 22.4. The Morgan fingerprint density at radius 3 is 2.38 bits per heavy atom. The van der Waals surface area contributed by atoms with Crippen LogP contribution in [0, 0.1) is 18.3 Å². The minimum atomic E-state index is -4.42. The first-order valence-electron chi connectivity index (χ1n) is 13.1. The smallest absolute Gasteiger partial charge is 0.379 e. The van der Waals surface area contributed by atoms with Crippen molar-refractivity contribution in [3.63, 3.8) is 0 Å². The highest BCUT2D eigenvalue weighted by atomic mass is 19.4. The van der Waals surface area contributed by atoms with Crippen molar-refractivity contribution in [2.45, 2.75) is 56.7 Å². The molecule has 2 aromatic heterocycles. The molecule has 204 valence electrons. The van der Waals surface area contributed by atoms with E-state index in [2.05, 4.69) is 21.1 Å². The van der Waals surface area contributed by atoms with E-state index in [9.17, 15) is 23.2 Å². The van der Waals surface area contributed by atoms with Gasteiger partial charge >= 0.3 is 6.18 Å². The van der Waals surface area contributed by atoms with E-state index >= 15 is 0 Å². The monoisotopic (exact) mass is 537 g/mol. The fourth-order valence-corrected chi connectivity index (χ4v) is 5.66. The number of pyridine rings is 1. The number of alkyl halides is 3. The summed E-state index contributed by atoms with van der Waals surface area (Å²) in [5.41, 5.74) is 1.49. The first-order chi connectivity index (χ1) is 18.7. The Balaban J connectivity index is 1.24. The van der Waals surface area contributed by atoms with Gasteiger partial charge in [0.25, 0.3) is 0 Å². The van der Waals surface area contributed by atoms with Crippen LogP contribution in [-0.2, 0) is 22.7 Å². The van der Waals surface area contributed by atoms with Crippen LogP contribution >= 0.6 is 0 Å². The molecule has 1 aliphatic carbocycles. The molecule has 1 saturated carbocycles. The molecule has 1 saturated heterocycles. The maximum absolute atomic E-state index is 13.1. The molecular formula is C29H30F3N5O2. The van der Waals surface area contributed by atoms with Crippen LogP contribution < -0.4 is 0 Å². The van der Waals surface area contributed by atoms with E-state index in [4.69, 9.17) is 4.74 Å². The van der Waals surface area contributed by atoms with Crippen LogP contribution in [0.15, 0.2) is 48.8 Å². The Hall–Kier alpha value is -3.55. The number of aromatic nitrogens is 3. The zero-order chi connectivity index (χ0) is 27.6. The second-order valence-electron chi connectivity index (χ2n) is 10.3. The average Bonchev–Trinajstić information content (AvgIpc) is 3.35. The summed E-state index contributed by atoms with van der Waals surface area (Å²) >= 11 is 0. The zero-order valence-electron chi connectivity index (χ0n) is 21.7. The molecule has 1 aromatic carbocycles. The molecule has 7 nitrogen and oxygen atoms in total. The number of nitriles is 1. The Bertz CT molecular complexity index is 1350. The second-order valence-corrected chi connectivity index (χ2v) is 10.3. The van der Waals surface area contributed by atoms with Gasteiger partial charge in [0.1, 0.15) is 0 Å². The average molecular weight is 538 g/mol. The van der Waals surface area contributed by atoms with E-state index in [1.165, 1.54) is 23.0 Å². The summed E-state index contributed by atoms with van der Waals surface area (Å²) in [5.74, 6) is -0.166. The third-order valence-electron chi connectivity index (χ3n) is 8.01. The number of rotatable bonds is 6. The summed E-state index contributed by atoms with van der Waals surface area (Å²) in [4.78, 5) is 20.1. The van der Waals surface area contributed by atoms with Gasteiger partial charge < -0.3 is 4.74 Å². The van der Waals surface area contributed by atoms with E-state index in [0.29, 0.717) is 23.0 Å².